The van der Waals surface area contributed by atoms with Gasteiger partial charge in [0.25, 0.3) is 0 Å². The summed E-state index contributed by atoms with van der Waals surface area (Å²) in [6.07, 6.45) is 5.30. The number of piperidine rings is 1. The fourth-order valence-corrected chi connectivity index (χ4v) is 2.17. The molecule has 90 valence electrons. The van der Waals surface area contributed by atoms with E-state index in [9.17, 15) is 0 Å². The highest BCUT2D eigenvalue weighted by Gasteiger charge is 2.18. The second-order valence-corrected chi connectivity index (χ2v) is 4.42. The number of hydrogen-bond donors (Lipinski definition) is 1. The van der Waals surface area contributed by atoms with E-state index in [0.29, 0.717) is 17.4 Å². The van der Waals surface area contributed by atoms with Crippen LogP contribution in [0, 0.1) is 11.3 Å². The van der Waals surface area contributed by atoms with Crippen molar-refractivity contribution in [2.24, 2.45) is 0 Å². The average Bonchev–Trinajstić information content (AvgIpc) is 2.38. The zero-order valence-electron chi connectivity index (χ0n) is 10.1. The first-order chi connectivity index (χ1) is 8.31. The Kier molecular flexibility index (Phi) is 3.89. The first-order valence-electron chi connectivity index (χ1n) is 5.97. The van der Waals surface area contributed by atoms with E-state index in [1.807, 2.05) is 0 Å². The highest BCUT2D eigenvalue weighted by molar-refractivity contribution is 5.50. The summed E-state index contributed by atoms with van der Waals surface area (Å²) >= 11 is 0. The molecule has 1 aromatic rings. The molecule has 0 aliphatic carbocycles. The van der Waals surface area contributed by atoms with Crippen molar-refractivity contribution in [3.63, 3.8) is 0 Å². The van der Waals surface area contributed by atoms with Gasteiger partial charge in [0.1, 0.15) is 6.07 Å². The maximum Gasteiger partial charge on any atom is 0.166 e. The van der Waals surface area contributed by atoms with E-state index < -0.39 is 0 Å². The van der Waals surface area contributed by atoms with E-state index in [1.165, 1.54) is 25.5 Å². The lowest BCUT2D eigenvalue weighted by Gasteiger charge is -2.32. The van der Waals surface area contributed by atoms with Gasteiger partial charge in [-0.15, -0.1) is 5.10 Å². The van der Waals surface area contributed by atoms with Crippen molar-refractivity contribution >= 4 is 5.82 Å². The minimum absolute atomic E-state index is 0.525. The number of likely N-dealkylation sites (tertiary alicyclic amines) is 1. The standard InChI is InChI=1S/C12H17N5/c1-17-7-3-2-4-11(17)9-14-12-10(8-13)5-6-15-16-12/h5-6,11H,2-4,7,9H2,1H3,(H,14,16). The predicted molar refractivity (Wildman–Crippen MR) is 65.5 cm³/mol. The van der Waals surface area contributed by atoms with Gasteiger partial charge in [-0.2, -0.15) is 10.4 Å². The van der Waals surface area contributed by atoms with E-state index in [-0.39, 0.29) is 0 Å². The molecule has 1 aliphatic heterocycles. The topological polar surface area (TPSA) is 64.8 Å². The van der Waals surface area contributed by atoms with Crippen molar-refractivity contribution < 1.29 is 0 Å². The summed E-state index contributed by atoms with van der Waals surface area (Å²) in [6.45, 7) is 1.97. The van der Waals surface area contributed by atoms with Gasteiger partial charge in [0, 0.05) is 12.6 Å². The summed E-state index contributed by atoms with van der Waals surface area (Å²) in [5.74, 6) is 0.592. The van der Waals surface area contributed by atoms with Crippen LogP contribution in [0.4, 0.5) is 5.82 Å². The first kappa shape index (κ1) is 11.8. The molecule has 1 aliphatic rings. The zero-order valence-corrected chi connectivity index (χ0v) is 10.1. The number of hydrogen-bond acceptors (Lipinski definition) is 5. The third kappa shape index (κ3) is 2.92. The zero-order chi connectivity index (χ0) is 12.1. The van der Waals surface area contributed by atoms with E-state index in [0.717, 1.165) is 13.1 Å². The first-order valence-corrected chi connectivity index (χ1v) is 5.97. The SMILES string of the molecule is CN1CCCCC1CNc1nnccc1C#N. The van der Waals surface area contributed by atoms with Crippen molar-refractivity contribution in [3.05, 3.63) is 17.8 Å². The Morgan fingerprint density at radius 3 is 3.24 bits per heavy atom. The minimum atomic E-state index is 0.525. The molecule has 5 heteroatoms. The smallest absolute Gasteiger partial charge is 0.166 e. The summed E-state index contributed by atoms with van der Waals surface area (Å²) in [5.41, 5.74) is 0.554. The fraction of sp³-hybridized carbons (Fsp3) is 0.583. The largest absolute Gasteiger partial charge is 0.366 e. The van der Waals surface area contributed by atoms with Crippen molar-refractivity contribution in [2.75, 3.05) is 25.5 Å². The van der Waals surface area contributed by atoms with E-state index in [2.05, 4.69) is 33.5 Å². The molecular weight excluding hydrogens is 214 g/mol. The molecule has 0 spiro atoms. The van der Waals surface area contributed by atoms with Gasteiger partial charge in [-0.05, 0) is 32.5 Å². The maximum atomic E-state index is 8.94. The molecule has 1 unspecified atom stereocenters. The summed E-state index contributed by atoms with van der Waals surface area (Å²) < 4.78 is 0. The Morgan fingerprint density at radius 1 is 1.59 bits per heavy atom. The highest BCUT2D eigenvalue weighted by Crippen LogP contribution is 2.16. The van der Waals surface area contributed by atoms with Gasteiger partial charge in [-0.1, -0.05) is 6.42 Å². The van der Waals surface area contributed by atoms with Crippen LogP contribution in [0.15, 0.2) is 12.3 Å². The molecule has 0 bridgehead atoms. The lowest BCUT2D eigenvalue weighted by Crippen LogP contribution is -2.40. The molecular formula is C12H17N5. The molecule has 1 aromatic heterocycles. The Labute approximate surface area is 101 Å². The normalized spacial score (nSPS) is 20.8. The monoisotopic (exact) mass is 231 g/mol. The molecule has 0 aromatic carbocycles. The lowest BCUT2D eigenvalue weighted by molar-refractivity contribution is 0.194. The number of nitriles is 1. The number of nitrogens with one attached hydrogen (secondary N) is 1. The molecule has 0 saturated carbocycles. The number of nitrogens with zero attached hydrogens (tertiary/aromatic N) is 4. The molecule has 0 amide bonds. The number of likely N-dealkylation sites (N-methyl/N-ethyl adjacent to an activating group) is 1. The van der Waals surface area contributed by atoms with E-state index >= 15 is 0 Å². The lowest BCUT2D eigenvalue weighted by atomic mass is 10.0. The van der Waals surface area contributed by atoms with Crippen LogP contribution in [0.5, 0.6) is 0 Å². The second-order valence-electron chi connectivity index (χ2n) is 4.42. The Hall–Kier alpha value is -1.67. The Balaban J connectivity index is 1.95. The van der Waals surface area contributed by atoms with Crippen molar-refractivity contribution in [1.82, 2.24) is 15.1 Å². The van der Waals surface area contributed by atoms with E-state index in [1.54, 1.807) is 6.07 Å². The van der Waals surface area contributed by atoms with Crippen LogP contribution in [0.3, 0.4) is 0 Å². The van der Waals surface area contributed by atoms with Crippen molar-refractivity contribution in [2.45, 2.75) is 25.3 Å². The molecule has 2 rings (SSSR count). The van der Waals surface area contributed by atoms with Crippen LogP contribution in [0.25, 0.3) is 0 Å². The number of aromatic nitrogens is 2. The van der Waals surface area contributed by atoms with Crippen molar-refractivity contribution in [1.29, 1.82) is 5.26 Å². The third-order valence-electron chi connectivity index (χ3n) is 3.27. The number of anilines is 1. The van der Waals surface area contributed by atoms with Gasteiger partial charge < -0.3 is 10.2 Å². The predicted octanol–water partition coefficient (Wildman–Crippen LogP) is 1.24. The van der Waals surface area contributed by atoms with Crippen molar-refractivity contribution in [3.8, 4) is 6.07 Å². The molecule has 1 fully saturated rings. The minimum Gasteiger partial charge on any atom is -0.366 e. The van der Waals surface area contributed by atoms with Gasteiger partial charge in [0.05, 0.1) is 11.8 Å². The summed E-state index contributed by atoms with van der Waals surface area (Å²) in [6, 6.07) is 4.32. The van der Waals surface area contributed by atoms with Gasteiger partial charge in [0.2, 0.25) is 0 Å². The number of rotatable bonds is 3. The van der Waals surface area contributed by atoms with Gasteiger partial charge >= 0.3 is 0 Å². The van der Waals surface area contributed by atoms with Crippen LogP contribution >= 0.6 is 0 Å². The van der Waals surface area contributed by atoms with Gasteiger partial charge in [-0.3, -0.25) is 0 Å². The van der Waals surface area contributed by atoms with Crippen LogP contribution in [-0.4, -0.2) is 41.3 Å². The molecule has 0 radical (unpaired) electrons. The van der Waals surface area contributed by atoms with Crippen LogP contribution < -0.4 is 5.32 Å². The molecule has 5 nitrogen and oxygen atoms in total. The van der Waals surface area contributed by atoms with Gasteiger partial charge in [-0.25, -0.2) is 0 Å². The van der Waals surface area contributed by atoms with E-state index in [4.69, 9.17) is 5.26 Å². The summed E-state index contributed by atoms with van der Waals surface area (Å²) in [5, 5.41) is 19.9. The molecule has 2 heterocycles. The Morgan fingerprint density at radius 2 is 2.47 bits per heavy atom. The quantitative estimate of drug-likeness (QED) is 0.848. The van der Waals surface area contributed by atoms with Crippen LogP contribution in [0.1, 0.15) is 24.8 Å². The Bertz CT molecular complexity index is 412. The highest BCUT2D eigenvalue weighted by atomic mass is 15.2. The third-order valence-corrected chi connectivity index (χ3v) is 3.27. The fourth-order valence-electron chi connectivity index (χ4n) is 2.17. The maximum absolute atomic E-state index is 8.94. The summed E-state index contributed by atoms with van der Waals surface area (Å²) in [7, 11) is 2.15. The molecule has 17 heavy (non-hydrogen) atoms. The van der Waals surface area contributed by atoms with Crippen LogP contribution in [0.2, 0.25) is 0 Å². The molecule has 1 atom stereocenters. The second kappa shape index (κ2) is 5.60. The molecule has 1 N–H and O–H groups in total. The average molecular weight is 231 g/mol. The summed E-state index contributed by atoms with van der Waals surface area (Å²) in [4.78, 5) is 2.36. The molecule has 1 saturated heterocycles. The van der Waals surface area contributed by atoms with Crippen LogP contribution in [-0.2, 0) is 0 Å². The van der Waals surface area contributed by atoms with Gasteiger partial charge in [0.15, 0.2) is 5.82 Å².